The van der Waals surface area contributed by atoms with Crippen LogP contribution in [0.25, 0.3) is 0 Å². The van der Waals surface area contributed by atoms with Crippen molar-refractivity contribution in [2.45, 2.75) is 13.1 Å². The van der Waals surface area contributed by atoms with E-state index in [1.54, 1.807) is 23.1 Å². The van der Waals surface area contributed by atoms with E-state index in [2.05, 4.69) is 6.58 Å². The Morgan fingerprint density at radius 3 is 2.61 bits per heavy atom. The van der Waals surface area contributed by atoms with Gasteiger partial charge in [-0.05, 0) is 48.0 Å². The Balaban J connectivity index is 1.53. The smallest absolute Gasteiger partial charge is 0.254 e. The summed E-state index contributed by atoms with van der Waals surface area (Å²) in [5.74, 6) is 0.608. The molecule has 8 heteroatoms. The van der Waals surface area contributed by atoms with E-state index >= 15 is 0 Å². The second-order valence-electron chi connectivity index (χ2n) is 7.50. The normalized spacial score (nSPS) is 11.8. The molecule has 3 aromatic rings. The average Bonchev–Trinajstić information content (AvgIpc) is 3.49. The highest BCUT2D eigenvalue weighted by atomic mass is 19.1. The van der Waals surface area contributed by atoms with Crippen LogP contribution in [0.1, 0.15) is 21.7 Å². The fourth-order valence-corrected chi connectivity index (χ4v) is 3.53. The van der Waals surface area contributed by atoms with Crippen LogP contribution in [-0.2, 0) is 17.9 Å². The summed E-state index contributed by atoms with van der Waals surface area (Å²) in [7, 11) is 0. The maximum atomic E-state index is 13.6. The minimum Gasteiger partial charge on any atom is -0.467 e. The molecular weight excluding hydrogens is 427 g/mol. The van der Waals surface area contributed by atoms with Crippen molar-refractivity contribution < 1.29 is 27.9 Å². The molecule has 2 aromatic carbocycles. The number of benzene rings is 2. The zero-order valence-electron chi connectivity index (χ0n) is 17.9. The number of fused-ring (bicyclic) bond motifs is 1. The van der Waals surface area contributed by atoms with Gasteiger partial charge >= 0.3 is 0 Å². The van der Waals surface area contributed by atoms with Gasteiger partial charge in [-0.2, -0.15) is 0 Å². The van der Waals surface area contributed by atoms with Crippen LogP contribution in [0.15, 0.2) is 77.9 Å². The molecule has 0 fully saturated rings. The third-order valence-corrected chi connectivity index (χ3v) is 5.12. The lowest BCUT2D eigenvalue weighted by Gasteiger charge is -2.27. The number of hydrogen-bond acceptors (Lipinski definition) is 5. The van der Waals surface area contributed by atoms with Gasteiger partial charge in [0.25, 0.3) is 5.91 Å². The molecule has 2 amide bonds. The number of halogens is 1. The molecular formula is C25H23FN2O5. The van der Waals surface area contributed by atoms with Crippen molar-refractivity contribution in [2.24, 2.45) is 0 Å². The summed E-state index contributed by atoms with van der Waals surface area (Å²) in [6.45, 7) is 4.26. The molecule has 1 aliphatic rings. The Kier molecular flexibility index (Phi) is 6.73. The lowest BCUT2D eigenvalue weighted by Crippen LogP contribution is -2.42. The predicted octanol–water partition coefficient (Wildman–Crippen LogP) is 4.00. The Morgan fingerprint density at radius 2 is 1.85 bits per heavy atom. The van der Waals surface area contributed by atoms with E-state index in [4.69, 9.17) is 13.9 Å². The van der Waals surface area contributed by atoms with Crippen molar-refractivity contribution in [1.82, 2.24) is 9.80 Å². The van der Waals surface area contributed by atoms with Crippen LogP contribution in [0.5, 0.6) is 11.5 Å². The maximum absolute atomic E-state index is 13.6. The van der Waals surface area contributed by atoms with Crippen LogP contribution >= 0.6 is 0 Å². The molecule has 0 saturated heterocycles. The standard InChI is InChI=1S/C25H23FN2O5/c1-2-10-27(25(30)19-5-3-6-20(26)13-19)16-24(29)28(15-21-7-4-11-31-21)14-18-8-9-22-23(12-18)33-17-32-22/h2-9,11-13H,1,10,14-17H2. The molecule has 1 aromatic heterocycles. The molecule has 2 heterocycles. The van der Waals surface area contributed by atoms with Gasteiger partial charge in [0.1, 0.15) is 18.1 Å². The van der Waals surface area contributed by atoms with Gasteiger partial charge < -0.3 is 23.7 Å². The van der Waals surface area contributed by atoms with Crippen LogP contribution in [0, 0.1) is 5.82 Å². The molecule has 33 heavy (non-hydrogen) atoms. The van der Waals surface area contributed by atoms with Crippen molar-refractivity contribution in [2.75, 3.05) is 19.9 Å². The zero-order valence-corrected chi connectivity index (χ0v) is 17.9. The van der Waals surface area contributed by atoms with Gasteiger partial charge in [-0.1, -0.05) is 18.2 Å². The van der Waals surface area contributed by atoms with Crippen LogP contribution in [-0.4, -0.2) is 41.5 Å². The number of nitrogens with zero attached hydrogens (tertiary/aromatic N) is 2. The first-order chi connectivity index (χ1) is 16.0. The molecule has 0 bridgehead atoms. The summed E-state index contributed by atoms with van der Waals surface area (Å²) >= 11 is 0. The van der Waals surface area contributed by atoms with Crippen molar-refractivity contribution in [3.8, 4) is 11.5 Å². The molecule has 7 nitrogen and oxygen atoms in total. The zero-order chi connectivity index (χ0) is 23.2. The molecule has 0 atom stereocenters. The van der Waals surface area contributed by atoms with Gasteiger partial charge in [0, 0.05) is 18.7 Å². The molecule has 0 spiro atoms. The number of ether oxygens (including phenoxy) is 2. The predicted molar refractivity (Wildman–Crippen MR) is 118 cm³/mol. The third-order valence-electron chi connectivity index (χ3n) is 5.12. The first-order valence-electron chi connectivity index (χ1n) is 10.4. The first kappa shape index (κ1) is 22.1. The van der Waals surface area contributed by atoms with E-state index in [-0.39, 0.29) is 44.4 Å². The van der Waals surface area contributed by atoms with E-state index in [0.717, 1.165) is 11.6 Å². The summed E-state index contributed by atoms with van der Waals surface area (Å²) in [5, 5.41) is 0. The van der Waals surface area contributed by atoms with Crippen LogP contribution in [0.2, 0.25) is 0 Å². The molecule has 0 aliphatic carbocycles. The summed E-state index contributed by atoms with van der Waals surface area (Å²) in [4.78, 5) is 29.2. The van der Waals surface area contributed by atoms with Crippen molar-refractivity contribution >= 4 is 11.8 Å². The third kappa shape index (κ3) is 5.41. The Hall–Kier alpha value is -4.07. The van der Waals surface area contributed by atoms with Gasteiger partial charge in [-0.25, -0.2) is 4.39 Å². The summed E-state index contributed by atoms with van der Waals surface area (Å²) in [5.41, 5.74) is 1.00. The molecule has 0 unspecified atom stereocenters. The fourth-order valence-electron chi connectivity index (χ4n) is 3.53. The van der Waals surface area contributed by atoms with Gasteiger partial charge in [-0.3, -0.25) is 9.59 Å². The van der Waals surface area contributed by atoms with E-state index in [9.17, 15) is 14.0 Å². The van der Waals surface area contributed by atoms with Gasteiger partial charge in [-0.15, -0.1) is 6.58 Å². The second kappa shape index (κ2) is 10.0. The largest absolute Gasteiger partial charge is 0.467 e. The SMILES string of the molecule is C=CCN(CC(=O)N(Cc1ccc2c(c1)OCO2)Cc1ccco1)C(=O)c1cccc(F)c1. The highest BCUT2D eigenvalue weighted by Crippen LogP contribution is 2.33. The maximum Gasteiger partial charge on any atom is 0.254 e. The Morgan fingerprint density at radius 1 is 1.00 bits per heavy atom. The molecule has 170 valence electrons. The number of hydrogen-bond donors (Lipinski definition) is 0. The van der Waals surface area contributed by atoms with Gasteiger partial charge in [0.2, 0.25) is 12.7 Å². The number of amides is 2. The van der Waals surface area contributed by atoms with Crippen LogP contribution in [0.3, 0.4) is 0 Å². The van der Waals surface area contributed by atoms with Gasteiger partial charge in [0.15, 0.2) is 11.5 Å². The average molecular weight is 450 g/mol. The van der Waals surface area contributed by atoms with E-state index < -0.39 is 11.7 Å². The molecule has 0 saturated carbocycles. The van der Waals surface area contributed by atoms with Crippen molar-refractivity contribution in [3.63, 3.8) is 0 Å². The molecule has 4 rings (SSSR count). The second-order valence-corrected chi connectivity index (χ2v) is 7.50. The highest BCUT2D eigenvalue weighted by Gasteiger charge is 2.24. The topological polar surface area (TPSA) is 72.2 Å². The molecule has 1 aliphatic heterocycles. The first-order valence-corrected chi connectivity index (χ1v) is 10.4. The van der Waals surface area contributed by atoms with E-state index in [0.29, 0.717) is 17.3 Å². The quantitative estimate of drug-likeness (QED) is 0.461. The number of rotatable bonds is 9. The minimum atomic E-state index is -0.520. The van der Waals surface area contributed by atoms with Gasteiger partial charge in [0.05, 0.1) is 12.8 Å². The lowest BCUT2D eigenvalue weighted by atomic mass is 10.1. The summed E-state index contributed by atoms with van der Waals surface area (Å²) in [6.07, 6.45) is 3.06. The van der Waals surface area contributed by atoms with Crippen molar-refractivity contribution in [3.05, 3.63) is 96.2 Å². The molecule has 0 N–H and O–H groups in total. The van der Waals surface area contributed by atoms with Crippen LogP contribution in [0.4, 0.5) is 4.39 Å². The number of furan rings is 1. The van der Waals surface area contributed by atoms with Crippen LogP contribution < -0.4 is 9.47 Å². The number of carbonyl (C=O) groups is 2. The lowest BCUT2D eigenvalue weighted by molar-refractivity contribution is -0.133. The highest BCUT2D eigenvalue weighted by molar-refractivity contribution is 5.96. The van der Waals surface area contributed by atoms with E-state index in [1.807, 2.05) is 12.1 Å². The summed E-state index contributed by atoms with van der Waals surface area (Å²) in [6, 6.07) is 14.4. The molecule has 0 radical (unpaired) electrons. The Labute approximate surface area is 190 Å². The number of carbonyl (C=O) groups excluding carboxylic acids is 2. The summed E-state index contributed by atoms with van der Waals surface area (Å²) < 4.78 is 29.8. The fraction of sp³-hybridized carbons (Fsp3) is 0.200. The monoisotopic (exact) mass is 450 g/mol. The van der Waals surface area contributed by atoms with Crippen molar-refractivity contribution in [1.29, 1.82) is 0 Å². The minimum absolute atomic E-state index is 0.139. The van der Waals surface area contributed by atoms with E-state index in [1.165, 1.54) is 35.4 Å². The Bertz CT molecular complexity index is 1150.